The molecule has 0 aliphatic carbocycles. The minimum absolute atomic E-state index is 0.379. The maximum absolute atomic E-state index is 6.52. The van der Waals surface area contributed by atoms with Crippen LogP contribution in [0.15, 0.2) is 36.7 Å². The van der Waals surface area contributed by atoms with Crippen molar-refractivity contribution in [3.63, 3.8) is 0 Å². The van der Waals surface area contributed by atoms with Gasteiger partial charge in [0.2, 0.25) is 5.95 Å². The van der Waals surface area contributed by atoms with E-state index >= 15 is 0 Å². The summed E-state index contributed by atoms with van der Waals surface area (Å²) in [7, 11) is 0. The molecule has 3 saturated heterocycles. The Morgan fingerprint density at radius 2 is 1.78 bits per heavy atom. The summed E-state index contributed by atoms with van der Waals surface area (Å²) in [6.07, 6.45) is 11.6. The maximum Gasteiger partial charge on any atom is 0.223 e. The number of H-pyrrole nitrogens is 1. The highest BCUT2D eigenvalue weighted by Gasteiger charge is 2.26. The Balaban J connectivity index is 0.970. The van der Waals surface area contributed by atoms with Gasteiger partial charge in [-0.3, -0.25) is 0 Å². The van der Waals surface area contributed by atoms with Gasteiger partial charge in [-0.1, -0.05) is 29.8 Å². The summed E-state index contributed by atoms with van der Waals surface area (Å²) in [5, 5.41) is 8.78. The first-order valence-corrected chi connectivity index (χ1v) is 14.6. The molecule has 8 heteroatoms. The molecule has 5 heterocycles. The van der Waals surface area contributed by atoms with E-state index in [1.54, 1.807) is 6.20 Å². The van der Waals surface area contributed by atoms with Gasteiger partial charge >= 0.3 is 0 Å². The van der Waals surface area contributed by atoms with Gasteiger partial charge < -0.3 is 25.4 Å². The van der Waals surface area contributed by atoms with Gasteiger partial charge in [0.05, 0.1) is 16.9 Å². The summed E-state index contributed by atoms with van der Waals surface area (Å²) in [6.45, 7) is 9.75. The molecular weight excluding hydrogens is 482 g/mol. The lowest BCUT2D eigenvalue weighted by Gasteiger charge is -2.36. The van der Waals surface area contributed by atoms with Crippen LogP contribution in [0.4, 0.5) is 5.95 Å². The topological polar surface area (TPSA) is 72.1 Å². The Kier molecular flexibility index (Phi) is 7.93. The van der Waals surface area contributed by atoms with E-state index in [2.05, 4.69) is 42.5 Å². The van der Waals surface area contributed by atoms with Gasteiger partial charge in [-0.15, -0.1) is 0 Å². The van der Waals surface area contributed by atoms with E-state index in [9.17, 15) is 0 Å². The summed E-state index contributed by atoms with van der Waals surface area (Å²) >= 11 is 6.52. The quantitative estimate of drug-likeness (QED) is 0.393. The van der Waals surface area contributed by atoms with Crippen LogP contribution < -0.4 is 10.6 Å². The van der Waals surface area contributed by atoms with E-state index in [1.165, 1.54) is 71.4 Å². The first-order valence-electron chi connectivity index (χ1n) is 14.2. The minimum atomic E-state index is 0.379. The molecule has 1 atom stereocenters. The second kappa shape index (κ2) is 11.7. The van der Waals surface area contributed by atoms with E-state index in [-0.39, 0.29) is 0 Å². The van der Waals surface area contributed by atoms with Crippen molar-refractivity contribution >= 4 is 28.5 Å². The van der Waals surface area contributed by atoms with Crippen molar-refractivity contribution in [3.05, 3.63) is 41.7 Å². The van der Waals surface area contributed by atoms with Crippen LogP contribution in [0, 0.1) is 11.8 Å². The summed E-state index contributed by atoms with van der Waals surface area (Å²) < 4.78 is 0. The van der Waals surface area contributed by atoms with E-state index < -0.39 is 0 Å². The third-order valence-electron chi connectivity index (χ3n) is 8.73. The highest BCUT2D eigenvalue weighted by Crippen LogP contribution is 2.32. The number of nitrogens with zero attached hydrogens (tertiary/aromatic N) is 4. The Bertz CT molecular complexity index is 1170. The third-order valence-corrected chi connectivity index (χ3v) is 9.01. The van der Waals surface area contributed by atoms with Gasteiger partial charge in [-0.25, -0.2) is 9.97 Å². The lowest BCUT2D eigenvalue weighted by atomic mass is 9.91. The van der Waals surface area contributed by atoms with Crippen LogP contribution in [0.5, 0.6) is 0 Å². The molecule has 2 aromatic heterocycles. The number of halogens is 1. The molecule has 3 aliphatic heterocycles. The number of piperidine rings is 2. The average molecular weight is 522 g/mol. The number of rotatable bonds is 8. The van der Waals surface area contributed by atoms with Crippen LogP contribution in [0.1, 0.15) is 38.5 Å². The van der Waals surface area contributed by atoms with Crippen molar-refractivity contribution in [3.8, 4) is 11.3 Å². The number of para-hydroxylation sites is 1. The zero-order valence-corrected chi connectivity index (χ0v) is 22.5. The van der Waals surface area contributed by atoms with Gasteiger partial charge in [0.25, 0.3) is 0 Å². The number of anilines is 1. The molecule has 3 aromatic rings. The van der Waals surface area contributed by atoms with Crippen molar-refractivity contribution in [2.75, 3.05) is 57.7 Å². The number of aromatic amines is 1. The standard InChI is InChI=1S/C29H40ClN7/c30-26-18-33-29(35-28(26)25-17-32-27-4-2-1-3-24(25)27)34-23-10-16-37(20-23)15-9-21-7-13-36(14-8-21)19-22-5-11-31-12-6-22/h1-4,17-18,21-23,31-32H,5-16,19-20H2,(H,33,34,35)/t23-/m1/s1. The molecule has 0 spiro atoms. The maximum atomic E-state index is 6.52. The number of aromatic nitrogens is 3. The van der Waals surface area contributed by atoms with Crippen LogP contribution >= 0.6 is 11.6 Å². The second-order valence-corrected chi connectivity index (χ2v) is 11.7. The molecule has 198 valence electrons. The first kappa shape index (κ1) is 25.1. The molecule has 37 heavy (non-hydrogen) atoms. The van der Waals surface area contributed by atoms with Crippen LogP contribution in [0.3, 0.4) is 0 Å². The highest BCUT2D eigenvalue weighted by atomic mass is 35.5. The van der Waals surface area contributed by atoms with Gasteiger partial charge in [0.1, 0.15) is 0 Å². The number of fused-ring (bicyclic) bond motifs is 1. The Labute approximate surface area is 225 Å². The Morgan fingerprint density at radius 3 is 2.65 bits per heavy atom. The predicted molar refractivity (Wildman–Crippen MR) is 152 cm³/mol. The molecule has 3 aliphatic rings. The number of nitrogens with one attached hydrogen (secondary N) is 3. The molecule has 0 amide bonds. The van der Waals surface area contributed by atoms with E-state index in [4.69, 9.17) is 16.6 Å². The SMILES string of the molecule is Clc1cnc(N[C@@H]2CCN(CCC3CCN(CC4CCNCC4)CC3)C2)nc1-c1c[nH]c2ccccc12. The average Bonchev–Trinajstić information content (AvgIpc) is 3.57. The summed E-state index contributed by atoms with van der Waals surface area (Å²) in [4.78, 5) is 18.0. The van der Waals surface area contributed by atoms with E-state index in [0.29, 0.717) is 17.0 Å². The van der Waals surface area contributed by atoms with Crippen LogP contribution in [0.25, 0.3) is 22.2 Å². The molecule has 0 unspecified atom stereocenters. The van der Waals surface area contributed by atoms with Gasteiger partial charge in [-0.2, -0.15) is 0 Å². The minimum Gasteiger partial charge on any atom is -0.360 e. The van der Waals surface area contributed by atoms with Crippen LogP contribution in [0.2, 0.25) is 5.02 Å². The zero-order chi connectivity index (χ0) is 25.0. The second-order valence-electron chi connectivity index (χ2n) is 11.3. The highest BCUT2D eigenvalue weighted by molar-refractivity contribution is 6.33. The molecule has 0 saturated carbocycles. The molecule has 3 fully saturated rings. The predicted octanol–water partition coefficient (Wildman–Crippen LogP) is 4.87. The number of benzene rings is 1. The number of hydrogen-bond donors (Lipinski definition) is 3. The number of likely N-dealkylation sites (tertiary alicyclic amines) is 2. The molecule has 1 aromatic carbocycles. The molecule has 7 nitrogen and oxygen atoms in total. The summed E-state index contributed by atoms with van der Waals surface area (Å²) in [6, 6.07) is 8.62. The Hall–Kier alpha value is -2.19. The number of hydrogen-bond acceptors (Lipinski definition) is 6. The Morgan fingerprint density at radius 1 is 0.973 bits per heavy atom. The fourth-order valence-electron chi connectivity index (χ4n) is 6.48. The monoisotopic (exact) mass is 521 g/mol. The van der Waals surface area contributed by atoms with Gasteiger partial charge in [0, 0.05) is 48.3 Å². The molecule has 6 rings (SSSR count). The lowest BCUT2D eigenvalue weighted by Crippen LogP contribution is -2.40. The largest absolute Gasteiger partial charge is 0.360 e. The van der Waals surface area contributed by atoms with E-state index in [1.807, 2.05) is 18.3 Å². The first-order chi connectivity index (χ1) is 18.2. The summed E-state index contributed by atoms with van der Waals surface area (Å²) in [5.74, 6) is 2.46. The smallest absolute Gasteiger partial charge is 0.223 e. The fourth-order valence-corrected chi connectivity index (χ4v) is 6.67. The van der Waals surface area contributed by atoms with Crippen molar-refractivity contribution in [1.29, 1.82) is 0 Å². The van der Waals surface area contributed by atoms with Crippen molar-refractivity contribution in [2.24, 2.45) is 11.8 Å². The molecule has 0 radical (unpaired) electrons. The van der Waals surface area contributed by atoms with Crippen LogP contribution in [-0.2, 0) is 0 Å². The normalized spacial score (nSPS) is 22.7. The fraction of sp³-hybridized carbons (Fsp3) is 0.586. The van der Waals surface area contributed by atoms with E-state index in [0.717, 1.165) is 53.5 Å². The van der Waals surface area contributed by atoms with Crippen molar-refractivity contribution < 1.29 is 0 Å². The molecule has 3 N–H and O–H groups in total. The zero-order valence-electron chi connectivity index (χ0n) is 21.8. The van der Waals surface area contributed by atoms with Crippen molar-refractivity contribution in [1.82, 2.24) is 30.1 Å². The van der Waals surface area contributed by atoms with Crippen LogP contribution in [-0.4, -0.2) is 83.2 Å². The van der Waals surface area contributed by atoms with Crippen molar-refractivity contribution in [2.45, 2.75) is 44.6 Å². The summed E-state index contributed by atoms with van der Waals surface area (Å²) in [5.41, 5.74) is 2.87. The van der Waals surface area contributed by atoms with Gasteiger partial charge in [0.15, 0.2) is 0 Å². The molecule has 0 bridgehead atoms. The molecular formula is C29H40ClN7. The lowest BCUT2D eigenvalue weighted by molar-refractivity contribution is 0.139. The third kappa shape index (κ3) is 6.11. The van der Waals surface area contributed by atoms with Gasteiger partial charge in [-0.05, 0) is 89.2 Å².